The lowest BCUT2D eigenvalue weighted by Crippen LogP contribution is -2.28. The largest absolute Gasteiger partial charge is 0.393 e. The number of aryl methyl sites for hydroxylation is 1. The number of aliphatic hydroxyl groups is 1. The van der Waals surface area contributed by atoms with Gasteiger partial charge < -0.3 is 10.4 Å². The number of nitrogens with zero attached hydrogens (tertiary/aromatic N) is 1. The molecule has 0 bridgehead atoms. The van der Waals surface area contributed by atoms with Crippen molar-refractivity contribution >= 4 is 17.2 Å². The molecule has 0 saturated carbocycles. The average Bonchev–Trinajstić information content (AvgIpc) is 2.93. The molecule has 22 heavy (non-hydrogen) atoms. The molecule has 1 unspecified atom stereocenters. The standard InChI is InChI=1S/C17H22N2O2S/c1-11(2)16(20)7-8-18-17(21)14-6-4-5-13(9-14)15-10-22-12(3)19-15/h4-6,9-11,16,20H,7-8H2,1-3H3,(H,18,21). The maximum absolute atomic E-state index is 12.2. The molecule has 118 valence electrons. The number of amides is 1. The number of aromatic nitrogens is 1. The molecule has 1 aromatic heterocycles. The molecule has 1 amide bonds. The fourth-order valence-electron chi connectivity index (χ4n) is 2.08. The molecule has 2 rings (SSSR count). The van der Waals surface area contributed by atoms with Gasteiger partial charge in [0.25, 0.3) is 5.91 Å². The number of rotatable bonds is 6. The van der Waals surface area contributed by atoms with E-state index >= 15 is 0 Å². The molecule has 1 aromatic carbocycles. The van der Waals surface area contributed by atoms with E-state index in [1.165, 1.54) is 0 Å². The molecule has 0 aliphatic carbocycles. The van der Waals surface area contributed by atoms with E-state index in [-0.39, 0.29) is 17.9 Å². The maximum Gasteiger partial charge on any atom is 0.251 e. The molecule has 0 fully saturated rings. The molecule has 4 nitrogen and oxygen atoms in total. The molecule has 1 atom stereocenters. The number of benzene rings is 1. The van der Waals surface area contributed by atoms with Crippen LogP contribution in [0.1, 0.15) is 35.6 Å². The minimum Gasteiger partial charge on any atom is -0.393 e. The second kappa shape index (κ2) is 7.51. The first kappa shape index (κ1) is 16.6. The number of hydrogen-bond donors (Lipinski definition) is 2. The highest BCUT2D eigenvalue weighted by molar-refractivity contribution is 7.09. The second-order valence-electron chi connectivity index (χ2n) is 5.69. The summed E-state index contributed by atoms with van der Waals surface area (Å²) in [6.45, 7) is 6.36. The molecule has 5 heteroatoms. The highest BCUT2D eigenvalue weighted by Gasteiger charge is 2.11. The normalized spacial score (nSPS) is 12.4. The summed E-state index contributed by atoms with van der Waals surface area (Å²) in [6.07, 6.45) is 0.179. The van der Waals surface area contributed by atoms with E-state index in [9.17, 15) is 9.90 Å². The molecular formula is C17H22N2O2S. The third-order valence-electron chi connectivity index (χ3n) is 3.53. The van der Waals surface area contributed by atoms with Gasteiger partial charge in [0.2, 0.25) is 0 Å². The Morgan fingerprint density at radius 2 is 2.18 bits per heavy atom. The van der Waals surface area contributed by atoms with Gasteiger partial charge in [0, 0.05) is 23.1 Å². The van der Waals surface area contributed by atoms with E-state index in [0.717, 1.165) is 16.3 Å². The Hall–Kier alpha value is -1.72. The van der Waals surface area contributed by atoms with Crippen LogP contribution in [0.5, 0.6) is 0 Å². The van der Waals surface area contributed by atoms with E-state index < -0.39 is 0 Å². The van der Waals surface area contributed by atoms with Crippen molar-refractivity contribution in [2.45, 2.75) is 33.3 Å². The van der Waals surface area contributed by atoms with Crippen molar-refractivity contribution < 1.29 is 9.90 Å². The lowest BCUT2D eigenvalue weighted by molar-refractivity contribution is 0.0920. The summed E-state index contributed by atoms with van der Waals surface area (Å²) >= 11 is 1.59. The Labute approximate surface area is 135 Å². The molecule has 0 radical (unpaired) electrons. The van der Waals surface area contributed by atoms with Crippen molar-refractivity contribution in [2.75, 3.05) is 6.54 Å². The van der Waals surface area contributed by atoms with Gasteiger partial charge in [-0.05, 0) is 31.4 Å². The lowest BCUT2D eigenvalue weighted by Gasteiger charge is -2.14. The second-order valence-corrected chi connectivity index (χ2v) is 6.75. The predicted molar refractivity (Wildman–Crippen MR) is 90.1 cm³/mol. The zero-order valence-corrected chi connectivity index (χ0v) is 14.0. The highest BCUT2D eigenvalue weighted by atomic mass is 32.1. The first-order chi connectivity index (χ1) is 10.5. The van der Waals surface area contributed by atoms with E-state index in [1.54, 1.807) is 17.4 Å². The van der Waals surface area contributed by atoms with Crippen LogP contribution in [0.3, 0.4) is 0 Å². The van der Waals surface area contributed by atoms with E-state index in [0.29, 0.717) is 18.5 Å². The van der Waals surface area contributed by atoms with Crippen molar-refractivity contribution in [1.82, 2.24) is 10.3 Å². The molecule has 0 saturated heterocycles. The van der Waals surface area contributed by atoms with Crippen LogP contribution >= 0.6 is 11.3 Å². The van der Waals surface area contributed by atoms with Crippen LogP contribution in [0.15, 0.2) is 29.6 Å². The summed E-state index contributed by atoms with van der Waals surface area (Å²) in [4.78, 5) is 16.6. The number of carbonyl (C=O) groups is 1. The Morgan fingerprint density at radius 1 is 1.41 bits per heavy atom. The SMILES string of the molecule is Cc1nc(-c2cccc(C(=O)NCCC(O)C(C)C)c2)cs1. The van der Waals surface area contributed by atoms with Gasteiger partial charge in [-0.15, -0.1) is 11.3 Å². The molecule has 1 heterocycles. The minimum atomic E-state index is -0.385. The zero-order chi connectivity index (χ0) is 16.1. The Balaban J connectivity index is 1.99. The molecular weight excluding hydrogens is 296 g/mol. The molecule has 0 spiro atoms. The monoisotopic (exact) mass is 318 g/mol. The molecule has 2 aromatic rings. The topological polar surface area (TPSA) is 62.2 Å². The zero-order valence-electron chi connectivity index (χ0n) is 13.2. The van der Waals surface area contributed by atoms with Crippen LogP contribution in [0, 0.1) is 12.8 Å². The average molecular weight is 318 g/mol. The van der Waals surface area contributed by atoms with Crippen LogP contribution in [-0.2, 0) is 0 Å². The molecule has 0 aliphatic rings. The number of thiazole rings is 1. The van der Waals surface area contributed by atoms with Crippen molar-refractivity contribution in [1.29, 1.82) is 0 Å². The van der Waals surface area contributed by atoms with Gasteiger partial charge in [0.1, 0.15) is 0 Å². The molecule has 0 aliphatic heterocycles. The summed E-state index contributed by atoms with van der Waals surface area (Å²) in [6, 6.07) is 7.45. The van der Waals surface area contributed by atoms with Gasteiger partial charge in [-0.3, -0.25) is 4.79 Å². The lowest BCUT2D eigenvalue weighted by atomic mass is 10.0. The van der Waals surface area contributed by atoms with Crippen molar-refractivity contribution in [3.05, 3.63) is 40.2 Å². The van der Waals surface area contributed by atoms with Gasteiger partial charge in [0.15, 0.2) is 0 Å². The van der Waals surface area contributed by atoms with Crippen LogP contribution in [0.4, 0.5) is 0 Å². The van der Waals surface area contributed by atoms with Gasteiger partial charge >= 0.3 is 0 Å². The van der Waals surface area contributed by atoms with Gasteiger partial charge in [-0.1, -0.05) is 26.0 Å². The van der Waals surface area contributed by atoms with E-state index in [2.05, 4.69) is 10.3 Å². The predicted octanol–water partition coefficient (Wildman–Crippen LogP) is 3.26. The number of aliphatic hydroxyl groups excluding tert-OH is 1. The molecule has 2 N–H and O–H groups in total. The highest BCUT2D eigenvalue weighted by Crippen LogP contribution is 2.22. The fourth-order valence-corrected chi connectivity index (χ4v) is 2.71. The van der Waals surface area contributed by atoms with Crippen LogP contribution in [0.2, 0.25) is 0 Å². The van der Waals surface area contributed by atoms with Gasteiger partial charge in [0.05, 0.1) is 16.8 Å². The third-order valence-corrected chi connectivity index (χ3v) is 4.31. The van der Waals surface area contributed by atoms with E-state index in [1.807, 2.05) is 44.4 Å². The third kappa shape index (κ3) is 4.39. The number of hydrogen-bond acceptors (Lipinski definition) is 4. The Bertz CT molecular complexity index is 637. The smallest absolute Gasteiger partial charge is 0.251 e. The summed E-state index contributed by atoms with van der Waals surface area (Å²) in [7, 11) is 0. The van der Waals surface area contributed by atoms with Crippen molar-refractivity contribution in [2.24, 2.45) is 5.92 Å². The van der Waals surface area contributed by atoms with E-state index in [4.69, 9.17) is 0 Å². The first-order valence-electron chi connectivity index (χ1n) is 7.46. The van der Waals surface area contributed by atoms with Crippen LogP contribution in [0.25, 0.3) is 11.3 Å². The van der Waals surface area contributed by atoms with Crippen LogP contribution in [-0.4, -0.2) is 28.6 Å². The number of nitrogens with one attached hydrogen (secondary N) is 1. The fraction of sp³-hybridized carbons (Fsp3) is 0.412. The summed E-state index contributed by atoms with van der Waals surface area (Å²) < 4.78 is 0. The minimum absolute atomic E-state index is 0.121. The summed E-state index contributed by atoms with van der Waals surface area (Å²) in [5.74, 6) is 0.0814. The quantitative estimate of drug-likeness (QED) is 0.859. The van der Waals surface area contributed by atoms with Gasteiger partial charge in [-0.25, -0.2) is 4.98 Å². The Morgan fingerprint density at radius 3 is 2.82 bits per heavy atom. The first-order valence-corrected chi connectivity index (χ1v) is 8.34. The van der Waals surface area contributed by atoms with Gasteiger partial charge in [-0.2, -0.15) is 0 Å². The van der Waals surface area contributed by atoms with Crippen molar-refractivity contribution in [3.63, 3.8) is 0 Å². The van der Waals surface area contributed by atoms with Crippen LogP contribution < -0.4 is 5.32 Å². The Kier molecular flexibility index (Phi) is 5.69. The maximum atomic E-state index is 12.2. The summed E-state index contributed by atoms with van der Waals surface area (Å²) in [5, 5.41) is 15.6. The number of carbonyl (C=O) groups excluding carboxylic acids is 1. The summed E-state index contributed by atoms with van der Waals surface area (Å²) in [5.41, 5.74) is 2.45. The van der Waals surface area contributed by atoms with Crippen molar-refractivity contribution in [3.8, 4) is 11.3 Å².